The van der Waals surface area contributed by atoms with Gasteiger partial charge in [0.1, 0.15) is 6.61 Å². The molecule has 38 heavy (non-hydrogen) atoms. The first-order chi connectivity index (χ1) is 18.3. The minimum Gasteiger partial charge on any atom is -0.490 e. The molecule has 0 bridgehead atoms. The molecule has 1 aliphatic carbocycles. The molecule has 1 aliphatic heterocycles. The monoisotopic (exact) mass is 573 g/mol. The summed E-state index contributed by atoms with van der Waals surface area (Å²) in [5.74, 6) is -0.185. The van der Waals surface area contributed by atoms with Crippen LogP contribution in [0.1, 0.15) is 52.4 Å². The highest BCUT2D eigenvalue weighted by atomic mass is 79.9. The number of ketones is 1. The maximum Gasteiger partial charge on any atom is 0.336 e. The molecule has 1 N–H and O–H groups in total. The van der Waals surface area contributed by atoms with Crippen LogP contribution in [0.15, 0.2) is 82.0 Å². The Balaban J connectivity index is 1.61. The molecule has 3 aromatic rings. The molecule has 0 unspecified atom stereocenters. The number of hydrogen-bond donors (Lipinski definition) is 1. The lowest BCUT2D eigenvalue weighted by atomic mass is 9.79. The number of nitrogens with one attached hydrogen (secondary N) is 1. The van der Waals surface area contributed by atoms with Gasteiger partial charge in [-0.1, -0.05) is 54.1 Å². The van der Waals surface area contributed by atoms with E-state index in [4.69, 9.17) is 14.2 Å². The SMILES string of the molecule is CCOc1cc([C@@H]2C(C(=O)OC)=C(C)NC3=C2C(=O)c2ccccc23)cc(Br)c1OCc1ccc(C)cc1. The minimum absolute atomic E-state index is 0.115. The zero-order valence-corrected chi connectivity index (χ0v) is 23.3. The fraction of sp³-hybridized carbons (Fsp3) is 0.226. The Labute approximate surface area is 230 Å². The first-order valence-corrected chi connectivity index (χ1v) is 13.2. The molecule has 0 fully saturated rings. The molecule has 0 spiro atoms. The van der Waals surface area contributed by atoms with Gasteiger partial charge in [0.2, 0.25) is 0 Å². The zero-order valence-electron chi connectivity index (χ0n) is 21.7. The number of dihydropyridines is 1. The number of Topliss-reactive ketones (excluding diaryl/α,β-unsaturated/α-hetero) is 1. The molecule has 7 heteroatoms. The molecule has 194 valence electrons. The van der Waals surface area contributed by atoms with Crippen molar-refractivity contribution in [1.82, 2.24) is 5.32 Å². The minimum atomic E-state index is -0.653. The molecule has 0 saturated carbocycles. The molecule has 0 saturated heterocycles. The fourth-order valence-corrected chi connectivity index (χ4v) is 5.61. The van der Waals surface area contributed by atoms with Crippen LogP contribution < -0.4 is 14.8 Å². The van der Waals surface area contributed by atoms with E-state index < -0.39 is 11.9 Å². The lowest BCUT2D eigenvalue weighted by molar-refractivity contribution is -0.136. The van der Waals surface area contributed by atoms with Crippen LogP contribution >= 0.6 is 15.9 Å². The lowest BCUT2D eigenvalue weighted by Crippen LogP contribution is -2.29. The van der Waals surface area contributed by atoms with Crippen LogP contribution in [0.5, 0.6) is 11.5 Å². The zero-order chi connectivity index (χ0) is 27.0. The number of ether oxygens (including phenoxy) is 3. The fourth-order valence-electron chi connectivity index (χ4n) is 5.04. The van der Waals surface area contributed by atoms with Gasteiger partial charge in [0.25, 0.3) is 0 Å². The number of benzene rings is 3. The average molecular weight is 574 g/mol. The van der Waals surface area contributed by atoms with E-state index >= 15 is 0 Å². The van der Waals surface area contributed by atoms with E-state index in [0.717, 1.165) is 22.4 Å². The van der Waals surface area contributed by atoms with Gasteiger partial charge in [-0.3, -0.25) is 4.79 Å². The van der Waals surface area contributed by atoms with E-state index in [1.807, 2.05) is 81.4 Å². The standard InChI is InChI=1S/C31H28BrNO5/c1-5-37-24-15-20(14-23(32)30(24)38-16-19-12-10-17(2)11-13-19)26-25(31(35)36-4)18(3)33-28-21-8-6-7-9-22(21)29(34)27(26)28/h6-15,26,33H,5,16H2,1-4H3/t26-/m1/s1. The Bertz CT molecular complexity index is 1500. The summed E-state index contributed by atoms with van der Waals surface area (Å²) in [6, 6.07) is 19.4. The van der Waals surface area contributed by atoms with Gasteiger partial charge >= 0.3 is 5.97 Å². The second-order valence-corrected chi connectivity index (χ2v) is 10.1. The third kappa shape index (κ3) is 4.52. The number of aryl methyl sites for hydroxylation is 1. The Morgan fingerprint density at radius 2 is 1.71 bits per heavy atom. The van der Waals surface area contributed by atoms with Crippen LogP contribution in [0.2, 0.25) is 0 Å². The Morgan fingerprint density at radius 3 is 2.39 bits per heavy atom. The number of carbonyl (C=O) groups is 2. The van der Waals surface area contributed by atoms with Gasteiger partial charge in [0.15, 0.2) is 17.3 Å². The van der Waals surface area contributed by atoms with E-state index in [-0.39, 0.29) is 5.78 Å². The third-order valence-electron chi connectivity index (χ3n) is 6.82. The highest BCUT2D eigenvalue weighted by Crippen LogP contribution is 2.49. The van der Waals surface area contributed by atoms with Crippen LogP contribution in [-0.2, 0) is 16.1 Å². The number of hydrogen-bond acceptors (Lipinski definition) is 6. The third-order valence-corrected chi connectivity index (χ3v) is 7.41. The summed E-state index contributed by atoms with van der Waals surface area (Å²) in [5, 5.41) is 3.31. The number of allylic oxidation sites excluding steroid dienone is 2. The Hall–Kier alpha value is -3.84. The summed E-state index contributed by atoms with van der Waals surface area (Å²) < 4.78 is 18.0. The van der Waals surface area contributed by atoms with Crippen LogP contribution in [-0.4, -0.2) is 25.5 Å². The first kappa shape index (κ1) is 25.8. The van der Waals surface area contributed by atoms with E-state index in [2.05, 4.69) is 21.2 Å². The topological polar surface area (TPSA) is 73.9 Å². The van der Waals surface area contributed by atoms with Gasteiger partial charge in [-0.05, 0) is 60.0 Å². The van der Waals surface area contributed by atoms with Crippen molar-refractivity contribution in [3.05, 3.63) is 110 Å². The molecule has 6 nitrogen and oxygen atoms in total. The predicted octanol–water partition coefficient (Wildman–Crippen LogP) is 6.48. The van der Waals surface area contributed by atoms with Crippen LogP contribution in [0.25, 0.3) is 5.70 Å². The van der Waals surface area contributed by atoms with Gasteiger partial charge in [0, 0.05) is 28.3 Å². The molecular formula is C31H28BrNO5. The summed E-state index contributed by atoms with van der Waals surface area (Å²) in [4.78, 5) is 26.7. The van der Waals surface area contributed by atoms with Crippen molar-refractivity contribution in [2.75, 3.05) is 13.7 Å². The maximum atomic E-state index is 13.7. The van der Waals surface area contributed by atoms with Gasteiger partial charge in [-0.15, -0.1) is 0 Å². The summed E-state index contributed by atoms with van der Waals surface area (Å²) >= 11 is 3.67. The smallest absolute Gasteiger partial charge is 0.336 e. The van der Waals surface area contributed by atoms with Gasteiger partial charge in [-0.25, -0.2) is 4.79 Å². The maximum absolute atomic E-state index is 13.7. The molecular weight excluding hydrogens is 546 g/mol. The number of carbonyl (C=O) groups excluding carboxylic acids is 2. The number of rotatable bonds is 7. The van der Waals surface area contributed by atoms with E-state index in [0.29, 0.717) is 51.6 Å². The number of fused-ring (bicyclic) bond motifs is 2. The van der Waals surface area contributed by atoms with Crippen molar-refractivity contribution in [2.45, 2.75) is 33.3 Å². The molecule has 0 amide bonds. The van der Waals surface area contributed by atoms with Crippen molar-refractivity contribution >= 4 is 33.4 Å². The van der Waals surface area contributed by atoms with Crippen molar-refractivity contribution in [3.8, 4) is 11.5 Å². The second kappa shape index (κ2) is 10.5. The number of halogens is 1. The quantitative estimate of drug-likeness (QED) is 0.326. The molecule has 3 aromatic carbocycles. The van der Waals surface area contributed by atoms with Crippen molar-refractivity contribution in [1.29, 1.82) is 0 Å². The second-order valence-electron chi connectivity index (χ2n) is 9.29. The van der Waals surface area contributed by atoms with E-state index in [1.54, 1.807) is 0 Å². The number of esters is 1. The first-order valence-electron chi connectivity index (χ1n) is 12.4. The van der Waals surface area contributed by atoms with Crippen molar-refractivity contribution in [2.24, 2.45) is 0 Å². The highest BCUT2D eigenvalue weighted by Gasteiger charge is 2.43. The summed E-state index contributed by atoms with van der Waals surface area (Å²) in [6.07, 6.45) is 0. The molecule has 2 aliphatic rings. The normalized spacial score (nSPS) is 16.1. The van der Waals surface area contributed by atoms with Gasteiger partial charge in [0.05, 0.1) is 29.5 Å². The number of methoxy groups -OCH3 is 1. The molecule has 1 atom stereocenters. The summed E-state index contributed by atoms with van der Waals surface area (Å²) in [7, 11) is 1.35. The van der Waals surface area contributed by atoms with Crippen LogP contribution in [0.4, 0.5) is 0 Å². The molecule has 5 rings (SSSR count). The molecule has 0 radical (unpaired) electrons. The average Bonchev–Trinajstić information content (AvgIpc) is 3.19. The Morgan fingerprint density at radius 1 is 1.00 bits per heavy atom. The predicted molar refractivity (Wildman–Crippen MR) is 149 cm³/mol. The molecule has 0 aromatic heterocycles. The van der Waals surface area contributed by atoms with E-state index in [1.165, 1.54) is 12.7 Å². The summed E-state index contributed by atoms with van der Waals surface area (Å²) in [6.45, 7) is 6.55. The van der Waals surface area contributed by atoms with Gasteiger partial charge < -0.3 is 19.5 Å². The molecule has 1 heterocycles. The van der Waals surface area contributed by atoms with Crippen molar-refractivity contribution in [3.63, 3.8) is 0 Å². The van der Waals surface area contributed by atoms with Crippen LogP contribution in [0.3, 0.4) is 0 Å². The van der Waals surface area contributed by atoms with Gasteiger partial charge in [-0.2, -0.15) is 0 Å². The highest BCUT2D eigenvalue weighted by molar-refractivity contribution is 9.10. The lowest BCUT2D eigenvalue weighted by Gasteiger charge is -2.29. The summed E-state index contributed by atoms with van der Waals surface area (Å²) in [5.41, 5.74) is 6.61. The van der Waals surface area contributed by atoms with Crippen LogP contribution in [0, 0.1) is 6.92 Å². The largest absolute Gasteiger partial charge is 0.490 e. The Kier molecular flexibility index (Phi) is 7.13. The van der Waals surface area contributed by atoms with Crippen molar-refractivity contribution < 1.29 is 23.8 Å². The van der Waals surface area contributed by atoms with E-state index in [9.17, 15) is 9.59 Å².